The third-order valence-electron chi connectivity index (χ3n) is 4.39. The first-order valence-electron chi connectivity index (χ1n) is 9.68. The molecule has 0 aliphatic carbocycles. The summed E-state index contributed by atoms with van der Waals surface area (Å²) in [5.41, 5.74) is 0.581. The summed E-state index contributed by atoms with van der Waals surface area (Å²) in [5.74, 6) is -3.16. The topological polar surface area (TPSA) is 90.9 Å². The summed E-state index contributed by atoms with van der Waals surface area (Å²) in [5, 5.41) is 2.67. The van der Waals surface area contributed by atoms with Crippen molar-refractivity contribution in [2.75, 3.05) is 25.6 Å². The van der Waals surface area contributed by atoms with Crippen molar-refractivity contribution in [3.05, 3.63) is 89.5 Å². The minimum Gasteiger partial charge on any atom is -0.497 e. The van der Waals surface area contributed by atoms with Gasteiger partial charge in [0, 0.05) is 17.3 Å². The van der Waals surface area contributed by atoms with E-state index in [2.05, 4.69) is 5.32 Å². The number of ketones is 1. The van der Waals surface area contributed by atoms with Crippen molar-refractivity contribution in [3.8, 4) is 11.5 Å². The van der Waals surface area contributed by atoms with Crippen molar-refractivity contribution in [2.45, 2.75) is 0 Å². The molecule has 0 saturated heterocycles. The molecule has 0 aliphatic heterocycles. The minimum atomic E-state index is -1.17. The molecular formula is C24H19F2NO6. The maximum atomic E-state index is 13.2. The third-order valence-corrected chi connectivity index (χ3v) is 4.39. The maximum absolute atomic E-state index is 13.2. The molecule has 0 heterocycles. The molecule has 9 heteroatoms. The molecule has 0 bridgehead atoms. The molecule has 0 fully saturated rings. The lowest BCUT2D eigenvalue weighted by atomic mass is 10.1. The Labute approximate surface area is 187 Å². The number of methoxy groups -OCH3 is 1. The van der Waals surface area contributed by atoms with Crippen LogP contribution in [-0.2, 0) is 9.53 Å². The van der Waals surface area contributed by atoms with Crippen LogP contribution < -0.4 is 14.8 Å². The summed E-state index contributed by atoms with van der Waals surface area (Å²) in [6, 6.07) is 15.2. The summed E-state index contributed by atoms with van der Waals surface area (Å²) in [4.78, 5) is 36.1. The monoisotopic (exact) mass is 455 g/mol. The van der Waals surface area contributed by atoms with E-state index in [1.54, 1.807) is 24.3 Å². The van der Waals surface area contributed by atoms with Gasteiger partial charge in [0.25, 0.3) is 5.91 Å². The highest BCUT2D eigenvalue weighted by molar-refractivity contribution is 5.99. The maximum Gasteiger partial charge on any atom is 0.338 e. The number of amides is 1. The lowest BCUT2D eigenvalue weighted by Gasteiger charge is -2.09. The van der Waals surface area contributed by atoms with Crippen molar-refractivity contribution in [3.63, 3.8) is 0 Å². The van der Waals surface area contributed by atoms with Crippen LogP contribution in [-0.4, -0.2) is 38.0 Å². The predicted octanol–water partition coefficient (Wildman–Crippen LogP) is 4.03. The van der Waals surface area contributed by atoms with Gasteiger partial charge >= 0.3 is 5.97 Å². The van der Waals surface area contributed by atoms with E-state index in [0.29, 0.717) is 17.2 Å². The van der Waals surface area contributed by atoms with Crippen LogP contribution in [0.25, 0.3) is 0 Å². The molecule has 3 aromatic rings. The van der Waals surface area contributed by atoms with Crippen molar-refractivity contribution in [1.29, 1.82) is 0 Å². The van der Waals surface area contributed by atoms with Gasteiger partial charge in [0.2, 0.25) is 0 Å². The van der Waals surface area contributed by atoms with Gasteiger partial charge in [0.15, 0.2) is 30.6 Å². The van der Waals surface area contributed by atoms with E-state index in [0.717, 1.165) is 18.2 Å². The molecule has 33 heavy (non-hydrogen) atoms. The van der Waals surface area contributed by atoms with Crippen LogP contribution in [0.1, 0.15) is 20.7 Å². The Kier molecular flexibility index (Phi) is 7.69. The minimum absolute atomic E-state index is 0.113. The second kappa shape index (κ2) is 10.9. The van der Waals surface area contributed by atoms with Gasteiger partial charge < -0.3 is 19.5 Å². The molecule has 0 aliphatic rings. The molecule has 0 aromatic heterocycles. The fourth-order valence-corrected chi connectivity index (χ4v) is 2.70. The highest BCUT2D eigenvalue weighted by atomic mass is 19.2. The molecule has 3 rings (SSSR count). The van der Waals surface area contributed by atoms with E-state index in [9.17, 15) is 23.2 Å². The van der Waals surface area contributed by atoms with Gasteiger partial charge in [-0.15, -0.1) is 0 Å². The van der Waals surface area contributed by atoms with Gasteiger partial charge in [0.05, 0.1) is 12.7 Å². The SMILES string of the molecule is COc1cccc(NC(=O)COc2ccc(C(=O)OCC(=O)c3ccc(F)c(F)c3)cc2)c1. The summed E-state index contributed by atoms with van der Waals surface area (Å²) < 4.78 is 41.6. The Morgan fingerprint density at radius 2 is 1.55 bits per heavy atom. The molecule has 0 atom stereocenters. The number of carbonyl (C=O) groups excluding carboxylic acids is 3. The number of hydrogen-bond donors (Lipinski definition) is 1. The van der Waals surface area contributed by atoms with Gasteiger partial charge in [-0.2, -0.15) is 0 Å². The standard InChI is InChI=1S/C24H19F2NO6/c1-31-19-4-2-3-17(12-19)27-23(29)14-32-18-8-5-15(6-9-18)24(30)33-13-22(28)16-7-10-20(25)21(26)11-16/h2-12H,13-14H2,1H3,(H,27,29). The zero-order valence-electron chi connectivity index (χ0n) is 17.5. The second-order valence-corrected chi connectivity index (χ2v) is 6.72. The lowest BCUT2D eigenvalue weighted by Crippen LogP contribution is -2.20. The number of Topliss-reactive ketones (excluding diaryl/α,β-unsaturated/α-hetero) is 1. The quantitative estimate of drug-likeness (QED) is 0.387. The number of benzene rings is 3. The Morgan fingerprint density at radius 1 is 0.818 bits per heavy atom. The molecule has 0 unspecified atom stereocenters. The second-order valence-electron chi connectivity index (χ2n) is 6.72. The molecule has 170 valence electrons. The van der Waals surface area contributed by atoms with Gasteiger partial charge in [-0.05, 0) is 54.6 Å². The zero-order chi connectivity index (χ0) is 23.8. The predicted molar refractivity (Wildman–Crippen MR) is 115 cm³/mol. The van der Waals surface area contributed by atoms with Gasteiger partial charge in [-0.3, -0.25) is 9.59 Å². The number of carbonyl (C=O) groups is 3. The summed E-state index contributed by atoms with van der Waals surface area (Å²) in [6.45, 7) is -0.893. The molecule has 1 amide bonds. The Balaban J connectivity index is 1.47. The van der Waals surface area contributed by atoms with Crippen LogP contribution >= 0.6 is 0 Å². The number of anilines is 1. The first kappa shape index (κ1) is 23.4. The average molecular weight is 455 g/mol. The first-order chi connectivity index (χ1) is 15.9. The highest BCUT2D eigenvalue weighted by Crippen LogP contribution is 2.17. The molecule has 1 N–H and O–H groups in total. The number of nitrogens with one attached hydrogen (secondary N) is 1. The largest absolute Gasteiger partial charge is 0.497 e. The first-order valence-corrected chi connectivity index (χ1v) is 9.68. The number of ether oxygens (including phenoxy) is 3. The number of rotatable bonds is 9. The van der Waals surface area contributed by atoms with Crippen molar-refractivity contribution in [2.24, 2.45) is 0 Å². The average Bonchev–Trinajstić information content (AvgIpc) is 2.83. The fourth-order valence-electron chi connectivity index (χ4n) is 2.70. The van der Waals surface area contributed by atoms with Crippen LogP contribution in [0.3, 0.4) is 0 Å². The number of hydrogen-bond acceptors (Lipinski definition) is 6. The fraction of sp³-hybridized carbons (Fsp3) is 0.125. The smallest absolute Gasteiger partial charge is 0.338 e. The molecule has 0 spiro atoms. The van der Waals surface area contributed by atoms with Crippen LogP contribution in [0.5, 0.6) is 11.5 Å². The van der Waals surface area contributed by atoms with E-state index in [4.69, 9.17) is 14.2 Å². The van der Waals surface area contributed by atoms with Crippen LogP contribution in [0.2, 0.25) is 0 Å². The van der Waals surface area contributed by atoms with Gasteiger partial charge in [0.1, 0.15) is 11.5 Å². The number of halogens is 2. The van der Waals surface area contributed by atoms with Crippen LogP contribution in [0.15, 0.2) is 66.7 Å². The highest BCUT2D eigenvalue weighted by Gasteiger charge is 2.14. The molecular weight excluding hydrogens is 436 g/mol. The van der Waals surface area contributed by atoms with E-state index < -0.39 is 30.0 Å². The molecule has 3 aromatic carbocycles. The number of esters is 1. The van der Waals surface area contributed by atoms with Crippen molar-refractivity contribution < 1.29 is 37.4 Å². The summed E-state index contributed by atoms with van der Waals surface area (Å²) in [6.07, 6.45) is 0. The molecule has 7 nitrogen and oxygen atoms in total. The Bertz CT molecular complexity index is 1160. The van der Waals surface area contributed by atoms with E-state index >= 15 is 0 Å². The zero-order valence-corrected chi connectivity index (χ0v) is 17.5. The lowest BCUT2D eigenvalue weighted by molar-refractivity contribution is -0.118. The third kappa shape index (κ3) is 6.60. The van der Waals surface area contributed by atoms with Crippen molar-refractivity contribution >= 4 is 23.3 Å². The Morgan fingerprint density at radius 3 is 2.24 bits per heavy atom. The van der Waals surface area contributed by atoms with Gasteiger partial charge in [-0.1, -0.05) is 6.07 Å². The van der Waals surface area contributed by atoms with E-state index in [1.807, 2.05) is 0 Å². The van der Waals surface area contributed by atoms with E-state index in [1.165, 1.54) is 31.4 Å². The van der Waals surface area contributed by atoms with Crippen LogP contribution in [0.4, 0.5) is 14.5 Å². The van der Waals surface area contributed by atoms with Gasteiger partial charge in [-0.25, -0.2) is 13.6 Å². The summed E-state index contributed by atoms with van der Waals surface area (Å²) in [7, 11) is 1.52. The Hall–Kier alpha value is -4.27. The van der Waals surface area contributed by atoms with E-state index in [-0.39, 0.29) is 23.6 Å². The molecule has 0 saturated carbocycles. The summed E-state index contributed by atoms with van der Waals surface area (Å²) >= 11 is 0. The van der Waals surface area contributed by atoms with Crippen LogP contribution in [0, 0.1) is 11.6 Å². The molecule has 0 radical (unpaired) electrons. The van der Waals surface area contributed by atoms with Crippen molar-refractivity contribution in [1.82, 2.24) is 0 Å². The normalized spacial score (nSPS) is 10.3.